The van der Waals surface area contributed by atoms with E-state index < -0.39 is 0 Å². The molecule has 0 unspecified atom stereocenters. The molecular formula is C21H18N2OS. The number of hydrogen-bond donors (Lipinski definition) is 0. The van der Waals surface area contributed by atoms with Crippen molar-refractivity contribution in [2.75, 3.05) is 24.7 Å². The zero-order valence-electron chi connectivity index (χ0n) is 14.2. The van der Waals surface area contributed by atoms with Crippen molar-refractivity contribution < 1.29 is 4.79 Å². The highest BCUT2D eigenvalue weighted by molar-refractivity contribution is 8.15. The normalized spacial score (nSPS) is 14.6. The number of aliphatic imine (C=N–C) groups is 1. The van der Waals surface area contributed by atoms with E-state index in [0.29, 0.717) is 5.75 Å². The second-order valence-corrected chi connectivity index (χ2v) is 7.35. The van der Waals surface area contributed by atoms with Crippen LogP contribution in [0, 0.1) is 0 Å². The van der Waals surface area contributed by atoms with Gasteiger partial charge in [-0.3, -0.25) is 4.79 Å². The van der Waals surface area contributed by atoms with Crippen LogP contribution in [0.1, 0.15) is 5.56 Å². The third-order valence-corrected chi connectivity index (χ3v) is 5.23. The van der Waals surface area contributed by atoms with Crippen molar-refractivity contribution in [1.82, 2.24) is 0 Å². The molecule has 3 nitrogen and oxygen atoms in total. The van der Waals surface area contributed by atoms with E-state index in [1.165, 1.54) is 39.0 Å². The monoisotopic (exact) mass is 346 g/mol. The first-order valence-electron chi connectivity index (χ1n) is 8.16. The van der Waals surface area contributed by atoms with Gasteiger partial charge in [0, 0.05) is 19.8 Å². The molecule has 0 atom stereocenters. The van der Waals surface area contributed by atoms with Gasteiger partial charge in [-0.2, -0.15) is 0 Å². The van der Waals surface area contributed by atoms with Gasteiger partial charge in [0.15, 0.2) is 0 Å². The molecule has 3 aromatic rings. The Balaban J connectivity index is 1.71. The minimum atomic E-state index is -0.0493. The molecule has 4 heteroatoms. The van der Waals surface area contributed by atoms with Crippen LogP contribution in [0.25, 0.3) is 27.6 Å². The molecule has 25 heavy (non-hydrogen) atoms. The van der Waals surface area contributed by atoms with Crippen LogP contribution in [-0.2, 0) is 4.79 Å². The predicted molar refractivity (Wildman–Crippen MR) is 110 cm³/mol. The molecule has 1 amide bonds. The highest BCUT2D eigenvalue weighted by Crippen LogP contribution is 2.27. The van der Waals surface area contributed by atoms with Crippen molar-refractivity contribution in [3.63, 3.8) is 0 Å². The fourth-order valence-electron chi connectivity index (χ4n) is 2.96. The van der Waals surface area contributed by atoms with E-state index in [1.54, 1.807) is 0 Å². The summed E-state index contributed by atoms with van der Waals surface area (Å²) in [4.78, 5) is 17.3. The predicted octanol–water partition coefficient (Wildman–Crippen LogP) is 4.74. The van der Waals surface area contributed by atoms with Crippen LogP contribution in [0.3, 0.4) is 0 Å². The van der Waals surface area contributed by atoms with Gasteiger partial charge in [-0.15, -0.1) is 0 Å². The van der Waals surface area contributed by atoms with Crippen LogP contribution in [0.5, 0.6) is 0 Å². The van der Waals surface area contributed by atoms with E-state index >= 15 is 0 Å². The lowest BCUT2D eigenvalue weighted by Crippen LogP contribution is -2.07. The first-order chi connectivity index (χ1) is 12.1. The fraction of sp³-hybridized carbons (Fsp3) is 0.143. The summed E-state index contributed by atoms with van der Waals surface area (Å²) in [7, 11) is 4.11. The van der Waals surface area contributed by atoms with E-state index in [4.69, 9.17) is 0 Å². The first kappa shape index (κ1) is 15.9. The summed E-state index contributed by atoms with van der Waals surface area (Å²) in [6.07, 6.45) is 3.93. The Morgan fingerprint density at radius 1 is 0.920 bits per heavy atom. The number of carbonyl (C=O) groups is 1. The lowest BCUT2D eigenvalue weighted by molar-refractivity contribution is -0.115. The zero-order valence-corrected chi connectivity index (χ0v) is 15.0. The molecule has 0 fully saturated rings. The standard InChI is InChI=1S/C21H18N2OS/c1-23(2)19-7-6-16-10-17-9-14(3-5-15(17)11-18(16)12-19)4-8-21-22-20(24)13-25-21/h3-12H,13H2,1-2H3/b8-4+. The number of hydrogen-bond acceptors (Lipinski definition) is 3. The summed E-state index contributed by atoms with van der Waals surface area (Å²) < 4.78 is 0. The van der Waals surface area contributed by atoms with E-state index in [0.717, 1.165) is 10.6 Å². The van der Waals surface area contributed by atoms with Crippen molar-refractivity contribution >= 4 is 56.0 Å². The van der Waals surface area contributed by atoms with Gasteiger partial charge in [-0.1, -0.05) is 36.0 Å². The Morgan fingerprint density at radius 3 is 2.32 bits per heavy atom. The molecule has 0 saturated carbocycles. The van der Waals surface area contributed by atoms with E-state index in [-0.39, 0.29) is 5.91 Å². The van der Waals surface area contributed by atoms with Crippen LogP contribution in [0.4, 0.5) is 5.69 Å². The Morgan fingerprint density at radius 2 is 1.64 bits per heavy atom. The number of benzene rings is 3. The van der Waals surface area contributed by atoms with Gasteiger partial charge in [-0.25, -0.2) is 4.99 Å². The maximum atomic E-state index is 11.2. The largest absolute Gasteiger partial charge is 0.378 e. The van der Waals surface area contributed by atoms with Crippen molar-refractivity contribution in [3.8, 4) is 0 Å². The minimum absolute atomic E-state index is 0.0493. The van der Waals surface area contributed by atoms with Crippen LogP contribution in [-0.4, -0.2) is 30.8 Å². The van der Waals surface area contributed by atoms with E-state index in [1.807, 2.05) is 12.2 Å². The Labute approximate surface area is 151 Å². The Kier molecular flexibility index (Phi) is 4.06. The average Bonchev–Trinajstić information content (AvgIpc) is 3.02. The molecule has 4 rings (SSSR count). The summed E-state index contributed by atoms with van der Waals surface area (Å²) in [6, 6.07) is 17.4. The summed E-state index contributed by atoms with van der Waals surface area (Å²) in [5.74, 6) is 0.407. The third kappa shape index (κ3) is 3.30. The molecule has 0 aromatic heterocycles. The zero-order chi connectivity index (χ0) is 17.4. The lowest BCUT2D eigenvalue weighted by atomic mass is 10.0. The lowest BCUT2D eigenvalue weighted by Gasteiger charge is -2.13. The number of rotatable bonds is 3. The van der Waals surface area contributed by atoms with Crippen molar-refractivity contribution in [2.45, 2.75) is 0 Å². The summed E-state index contributed by atoms with van der Waals surface area (Å²) in [5.41, 5.74) is 2.31. The summed E-state index contributed by atoms with van der Waals surface area (Å²) >= 11 is 1.49. The van der Waals surface area contributed by atoms with E-state index in [2.05, 4.69) is 72.5 Å². The second-order valence-electron chi connectivity index (χ2n) is 6.35. The number of anilines is 1. The molecule has 1 aliphatic heterocycles. The molecule has 1 aliphatic rings. The molecule has 1 heterocycles. The number of carbonyl (C=O) groups excluding carboxylic acids is 1. The van der Waals surface area contributed by atoms with Crippen LogP contribution in [0.2, 0.25) is 0 Å². The van der Waals surface area contributed by atoms with Gasteiger partial charge in [0.1, 0.15) is 5.04 Å². The van der Waals surface area contributed by atoms with Crippen molar-refractivity contribution in [2.24, 2.45) is 4.99 Å². The molecule has 0 bridgehead atoms. The fourth-order valence-corrected chi connectivity index (χ4v) is 3.63. The number of amides is 1. The number of nitrogens with zero attached hydrogens (tertiary/aromatic N) is 2. The number of thioether (sulfide) groups is 1. The quantitative estimate of drug-likeness (QED) is 0.642. The van der Waals surface area contributed by atoms with Gasteiger partial charge >= 0.3 is 0 Å². The van der Waals surface area contributed by atoms with Crippen LogP contribution < -0.4 is 4.90 Å². The molecule has 124 valence electrons. The molecule has 0 N–H and O–H groups in total. The highest BCUT2D eigenvalue weighted by atomic mass is 32.2. The smallest absolute Gasteiger partial charge is 0.257 e. The Hall–Kier alpha value is -2.59. The molecule has 0 radical (unpaired) electrons. The first-order valence-corrected chi connectivity index (χ1v) is 9.14. The highest BCUT2D eigenvalue weighted by Gasteiger charge is 2.11. The SMILES string of the molecule is CN(C)c1ccc2cc3cc(/C=C/C4=NC(=O)CS4)ccc3cc2c1. The second kappa shape index (κ2) is 6.37. The van der Waals surface area contributed by atoms with Crippen LogP contribution >= 0.6 is 11.8 Å². The van der Waals surface area contributed by atoms with Gasteiger partial charge in [0.25, 0.3) is 5.91 Å². The topological polar surface area (TPSA) is 32.7 Å². The molecule has 0 aliphatic carbocycles. The van der Waals surface area contributed by atoms with Crippen molar-refractivity contribution in [1.29, 1.82) is 0 Å². The number of fused-ring (bicyclic) bond motifs is 2. The van der Waals surface area contributed by atoms with Gasteiger partial charge in [0.05, 0.1) is 5.75 Å². The molecule has 0 spiro atoms. The molecule has 3 aromatic carbocycles. The van der Waals surface area contributed by atoms with Gasteiger partial charge in [0.2, 0.25) is 0 Å². The van der Waals surface area contributed by atoms with Crippen molar-refractivity contribution in [3.05, 3.63) is 60.2 Å². The average molecular weight is 346 g/mol. The summed E-state index contributed by atoms with van der Waals surface area (Å²) in [6.45, 7) is 0. The maximum absolute atomic E-state index is 11.2. The molecule has 0 saturated heterocycles. The van der Waals surface area contributed by atoms with E-state index in [9.17, 15) is 4.79 Å². The third-order valence-electron chi connectivity index (χ3n) is 4.32. The summed E-state index contributed by atoms with van der Waals surface area (Å²) in [5, 5.41) is 5.71. The minimum Gasteiger partial charge on any atom is -0.378 e. The van der Waals surface area contributed by atoms with Gasteiger partial charge < -0.3 is 4.90 Å². The Bertz CT molecular complexity index is 1050. The van der Waals surface area contributed by atoms with Crippen LogP contribution in [0.15, 0.2) is 59.6 Å². The van der Waals surface area contributed by atoms with Gasteiger partial charge in [-0.05, 0) is 63.5 Å². The molecular weight excluding hydrogens is 328 g/mol. The maximum Gasteiger partial charge on any atom is 0.257 e.